The summed E-state index contributed by atoms with van der Waals surface area (Å²) >= 11 is 6.78. The van der Waals surface area contributed by atoms with Gasteiger partial charge in [-0.3, -0.25) is 4.39 Å². The molecule has 0 radical (unpaired) electrons. The van der Waals surface area contributed by atoms with Crippen molar-refractivity contribution in [2.75, 3.05) is 18.5 Å². The highest BCUT2D eigenvalue weighted by Crippen LogP contribution is 2.25. The summed E-state index contributed by atoms with van der Waals surface area (Å²) < 4.78 is 13.8. The molecule has 0 spiro atoms. The summed E-state index contributed by atoms with van der Waals surface area (Å²) in [7, 11) is 0. The molecule has 0 bridgehead atoms. The minimum absolute atomic E-state index is 0.279. The molecule has 0 fully saturated rings. The van der Waals surface area contributed by atoms with Crippen molar-refractivity contribution in [3.05, 3.63) is 27.1 Å². The van der Waals surface area contributed by atoms with Crippen LogP contribution in [0.15, 0.2) is 27.1 Å². The summed E-state index contributed by atoms with van der Waals surface area (Å²) in [4.78, 5) is 0. The lowest BCUT2D eigenvalue weighted by Gasteiger charge is -2.07. The first kappa shape index (κ1) is 11.0. The molecule has 0 aliphatic heterocycles. The van der Waals surface area contributed by atoms with Crippen molar-refractivity contribution in [2.45, 2.75) is 6.42 Å². The number of nitrogens with one attached hydrogen (secondary N) is 1. The molecule has 1 rings (SSSR count). The number of alkyl halides is 1. The van der Waals surface area contributed by atoms with Crippen LogP contribution in [-0.4, -0.2) is 13.2 Å². The summed E-state index contributed by atoms with van der Waals surface area (Å²) in [5.74, 6) is 0. The van der Waals surface area contributed by atoms with Gasteiger partial charge >= 0.3 is 0 Å². The van der Waals surface area contributed by atoms with E-state index in [2.05, 4.69) is 37.2 Å². The van der Waals surface area contributed by atoms with Crippen LogP contribution in [0, 0.1) is 0 Å². The van der Waals surface area contributed by atoms with E-state index in [-0.39, 0.29) is 6.67 Å². The van der Waals surface area contributed by atoms with Gasteiger partial charge in [-0.15, -0.1) is 0 Å². The normalized spacial score (nSPS) is 10.1. The van der Waals surface area contributed by atoms with Crippen molar-refractivity contribution in [3.8, 4) is 0 Å². The molecule has 0 heterocycles. The monoisotopic (exact) mass is 309 g/mol. The van der Waals surface area contributed by atoms with Gasteiger partial charge in [-0.25, -0.2) is 0 Å². The summed E-state index contributed by atoms with van der Waals surface area (Å²) in [5, 5.41) is 3.14. The zero-order valence-electron chi connectivity index (χ0n) is 6.99. The molecule has 0 aliphatic rings. The first-order valence-electron chi connectivity index (χ1n) is 3.99. The predicted molar refractivity (Wildman–Crippen MR) is 60.9 cm³/mol. The fraction of sp³-hybridized carbons (Fsp3) is 0.333. The molecule has 1 aromatic rings. The van der Waals surface area contributed by atoms with Crippen LogP contribution in [0.3, 0.4) is 0 Å². The Kier molecular flexibility index (Phi) is 4.73. The maximum absolute atomic E-state index is 11.8. The van der Waals surface area contributed by atoms with E-state index in [0.29, 0.717) is 13.0 Å². The Morgan fingerprint density at radius 1 is 1.31 bits per heavy atom. The highest BCUT2D eigenvalue weighted by atomic mass is 79.9. The van der Waals surface area contributed by atoms with Crippen molar-refractivity contribution in [1.82, 2.24) is 0 Å². The van der Waals surface area contributed by atoms with Crippen LogP contribution in [0.1, 0.15) is 6.42 Å². The summed E-state index contributed by atoms with van der Waals surface area (Å²) in [5.41, 5.74) is 0.989. The summed E-state index contributed by atoms with van der Waals surface area (Å²) in [6.07, 6.45) is 0.541. The molecule has 1 N–H and O–H groups in total. The van der Waals surface area contributed by atoms with Crippen LogP contribution in [-0.2, 0) is 0 Å². The van der Waals surface area contributed by atoms with Crippen molar-refractivity contribution in [2.24, 2.45) is 0 Å². The molecule has 1 aromatic carbocycles. The van der Waals surface area contributed by atoms with E-state index in [1.807, 2.05) is 18.2 Å². The SMILES string of the molecule is FCCCNc1cc(Br)ccc1Br. The largest absolute Gasteiger partial charge is 0.384 e. The fourth-order valence-electron chi connectivity index (χ4n) is 0.923. The number of hydrogen-bond donors (Lipinski definition) is 1. The van der Waals surface area contributed by atoms with Crippen LogP contribution < -0.4 is 5.32 Å². The van der Waals surface area contributed by atoms with Crippen LogP contribution in [0.5, 0.6) is 0 Å². The number of benzene rings is 1. The van der Waals surface area contributed by atoms with E-state index in [1.165, 1.54) is 0 Å². The molecule has 4 heteroatoms. The molecular formula is C9H10Br2FN. The highest BCUT2D eigenvalue weighted by Gasteiger charge is 1.98. The molecule has 72 valence electrons. The molecular weight excluding hydrogens is 301 g/mol. The Balaban J connectivity index is 2.59. The van der Waals surface area contributed by atoms with E-state index in [1.54, 1.807) is 0 Å². The fourth-order valence-corrected chi connectivity index (χ4v) is 1.67. The maximum atomic E-state index is 11.8. The summed E-state index contributed by atoms with van der Waals surface area (Å²) in [6, 6.07) is 5.86. The van der Waals surface area contributed by atoms with Crippen molar-refractivity contribution < 1.29 is 4.39 Å². The van der Waals surface area contributed by atoms with Gasteiger partial charge in [-0.1, -0.05) is 15.9 Å². The molecule has 0 saturated carbocycles. The Labute approximate surface area is 94.0 Å². The lowest BCUT2D eigenvalue weighted by Crippen LogP contribution is -2.02. The Bertz CT molecular complexity index is 278. The van der Waals surface area contributed by atoms with Crippen LogP contribution in [0.2, 0.25) is 0 Å². The van der Waals surface area contributed by atoms with Gasteiger partial charge in [0, 0.05) is 21.2 Å². The highest BCUT2D eigenvalue weighted by molar-refractivity contribution is 9.11. The van der Waals surface area contributed by atoms with Gasteiger partial charge in [-0.2, -0.15) is 0 Å². The van der Waals surface area contributed by atoms with Crippen molar-refractivity contribution in [1.29, 1.82) is 0 Å². The quantitative estimate of drug-likeness (QED) is 0.829. The standard InChI is InChI=1S/C9H10Br2FN/c10-7-2-3-8(11)9(6-7)13-5-1-4-12/h2-3,6,13H,1,4-5H2. The average Bonchev–Trinajstić information content (AvgIpc) is 2.11. The van der Waals surface area contributed by atoms with E-state index in [4.69, 9.17) is 0 Å². The summed E-state index contributed by atoms with van der Waals surface area (Å²) in [6.45, 7) is 0.379. The zero-order valence-corrected chi connectivity index (χ0v) is 10.2. The van der Waals surface area contributed by atoms with Crippen LogP contribution in [0.25, 0.3) is 0 Å². The third kappa shape index (κ3) is 3.65. The molecule has 0 aliphatic carbocycles. The molecule has 0 saturated heterocycles. The molecule has 0 unspecified atom stereocenters. The lowest BCUT2D eigenvalue weighted by molar-refractivity contribution is 0.481. The van der Waals surface area contributed by atoms with E-state index in [9.17, 15) is 4.39 Å². The maximum Gasteiger partial charge on any atom is 0.0911 e. The van der Waals surface area contributed by atoms with Gasteiger partial charge in [0.2, 0.25) is 0 Å². The van der Waals surface area contributed by atoms with Gasteiger partial charge in [-0.05, 0) is 40.5 Å². The van der Waals surface area contributed by atoms with Gasteiger partial charge in [0.1, 0.15) is 0 Å². The zero-order chi connectivity index (χ0) is 9.68. The van der Waals surface area contributed by atoms with E-state index in [0.717, 1.165) is 14.6 Å². The van der Waals surface area contributed by atoms with Crippen LogP contribution >= 0.6 is 31.9 Å². The van der Waals surface area contributed by atoms with Crippen molar-refractivity contribution >= 4 is 37.5 Å². The predicted octanol–water partition coefficient (Wildman–Crippen LogP) is 3.98. The number of hydrogen-bond acceptors (Lipinski definition) is 1. The lowest BCUT2D eigenvalue weighted by atomic mass is 10.3. The van der Waals surface area contributed by atoms with Crippen molar-refractivity contribution in [3.63, 3.8) is 0 Å². The van der Waals surface area contributed by atoms with Gasteiger partial charge in [0.25, 0.3) is 0 Å². The second-order valence-electron chi connectivity index (χ2n) is 2.59. The minimum Gasteiger partial charge on any atom is -0.384 e. The number of halogens is 3. The molecule has 13 heavy (non-hydrogen) atoms. The number of anilines is 1. The smallest absolute Gasteiger partial charge is 0.0911 e. The Morgan fingerprint density at radius 3 is 2.77 bits per heavy atom. The second kappa shape index (κ2) is 5.60. The van der Waals surface area contributed by atoms with E-state index >= 15 is 0 Å². The molecule has 1 nitrogen and oxygen atoms in total. The number of rotatable bonds is 4. The first-order chi connectivity index (χ1) is 6.24. The average molecular weight is 311 g/mol. The van der Waals surface area contributed by atoms with Gasteiger partial charge in [0.15, 0.2) is 0 Å². The molecule has 0 amide bonds. The molecule has 0 aromatic heterocycles. The van der Waals surface area contributed by atoms with Gasteiger partial charge in [0.05, 0.1) is 6.67 Å². The van der Waals surface area contributed by atoms with Crippen LogP contribution in [0.4, 0.5) is 10.1 Å². The Hall–Kier alpha value is -0.0900. The minimum atomic E-state index is -0.279. The topological polar surface area (TPSA) is 12.0 Å². The Morgan fingerprint density at radius 2 is 2.08 bits per heavy atom. The van der Waals surface area contributed by atoms with Gasteiger partial charge < -0.3 is 5.32 Å². The van der Waals surface area contributed by atoms with E-state index < -0.39 is 0 Å². The third-order valence-corrected chi connectivity index (χ3v) is 2.74. The first-order valence-corrected chi connectivity index (χ1v) is 5.57. The second-order valence-corrected chi connectivity index (χ2v) is 4.36. The third-order valence-electron chi connectivity index (χ3n) is 1.55. The molecule has 0 atom stereocenters.